The summed E-state index contributed by atoms with van der Waals surface area (Å²) in [4.78, 5) is 0. The topological polar surface area (TPSA) is 50.7 Å². The van der Waals surface area contributed by atoms with E-state index in [0.717, 1.165) is 30.9 Å². The average molecular weight is 263 g/mol. The van der Waals surface area contributed by atoms with E-state index in [1.807, 2.05) is 12.1 Å². The van der Waals surface area contributed by atoms with E-state index in [0.29, 0.717) is 13.2 Å². The summed E-state index contributed by atoms with van der Waals surface area (Å²) in [6.07, 6.45) is 2.26. The normalized spacial score (nSPS) is 20.9. The van der Waals surface area contributed by atoms with Crippen LogP contribution in [0, 0.1) is 5.41 Å². The highest BCUT2D eigenvalue weighted by molar-refractivity contribution is 5.44. The fraction of sp³-hybridized carbons (Fsp3) is 0.600. The molecule has 4 heteroatoms. The van der Waals surface area contributed by atoms with Crippen molar-refractivity contribution in [3.05, 3.63) is 23.8 Å². The highest BCUT2D eigenvalue weighted by atomic mass is 16.6. The summed E-state index contributed by atoms with van der Waals surface area (Å²) >= 11 is 0. The molecule has 1 aliphatic carbocycles. The minimum Gasteiger partial charge on any atom is -0.486 e. The molecule has 1 heterocycles. The van der Waals surface area contributed by atoms with Crippen LogP contribution >= 0.6 is 0 Å². The zero-order valence-electron chi connectivity index (χ0n) is 11.3. The molecule has 0 spiro atoms. The molecule has 0 aromatic heterocycles. The SMILES string of the molecule is CC(NCC1(CO)CC1)c1ccc2c(c1)OCCO2. The van der Waals surface area contributed by atoms with Gasteiger partial charge in [0.1, 0.15) is 13.2 Å². The van der Waals surface area contributed by atoms with E-state index in [2.05, 4.69) is 18.3 Å². The largest absolute Gasteiger partial charge is 0.486 e. The molecule has 4 nitrogen and oxygen atoms in total. The minimum absolute atomic E-state index is 0.141. The Hall–Kier alpha value is -1.26. The molecule has 1 fully saturated rings. The van der Waals surface area contributed by atoms with Crippen LogP contribution in [-0.2, 0) is 0 Å². The van der Waals surface area contributed by atoms with Crippen molar-refractivity contribution in [2.75, 3.05) is 26.4 Å². The van der Waals surface area contributed by atoms with Gasteiger partial charge >= 0.3 is 0 Å². The van der Waals surface area contributed by atoms with Crippen molar-refractivity contribution in [2.45, 2.75) is 25.8 Å². The van der Waals surface area contributed by atoms with E-state index in [1.54, 1.807) is 0 Å². The van der Waals surface area contributed by atoms with Crippen LogP contribution in [0.15, 0.2) is 18.2 Å². The van der Waals surface area contributed by atoms with Crippen molar-refractivity contribution in [1.29, 1.82) is 0 Å². The summed E-state index contributed by atoms with van der Waals surface area (Å²) in [6.45, 7) is 4.54. The number of rotatable bonds is 5. The van der Waals surface area contributed by atoms with Crippen molar-refractivity contribution >= 4 is 0 Å². The average Bonchev–Trinajstić information content (AvgIpc) is 3.25. The standard InChI is InChI=1S/C15H21NO3/c1-11(16-9-15(10-17)4-5-15)12-2-3-13-14(8-12)19-7-6-18-13/h2-3,8,11,16-17H,4-7,9-10H2,1H3. The van der Waals surface area contributed by atoms with Crippen LogP contribution in [0.4, 0.5) is 0 Å². The Morgan fingerprint density at radius 1 is 1.26 bits per heavy atom. The zero-order valence-corrected chi connectivity index (χ0v) is 11.3. The second-order valence-corrected chi connectivity index (χ2v) is 5.66. The second kappa shape index (κ2) is 5.02. The molecular formula is C15H21NO3. The first-order valence-electron chi connectivity index (χ1n) is 6.96. The van der Waals surface area contributed by atoms with Gasteiger partial charge in [-0.3, -0.25) is 0 Å². The van der Waals surface area contributed by atoms with Crippen LogP contribution in [0.2, 0.25) is 0 Å². The van der Waals surface area contributed by atoms with E-state index in [-0.39, 0.29) is 18.1 Å². The summed E-state index contributed by atoms with van der Waals surface area (Å²) in [7, 11) is 0. The Morgan fingerprint density at radius 2 is 2.00 bits per heavy atom. The smallest absolute Gasteiger partial charge is 0.161 e. The van der Waals surface area contributed by atoms with Gasteiger partial charge in [-0.25, -0.2) is 0 Å². The Labute approximate surface area is 113 Å². The van der Waals surface area contributed by atoms with Gasteiger partial charge < -0.3 is 19.9 Å². The highest BCUT2D eigenvalue weighted by Gasteiger charge is 2.41. The quantitative estimate of drug-likeness (QED) is 0.851. The maximum Gasteiger partial charge on any atom is 0.161 e. The van der Waals surface area contributed by atoms with Gasteiger partial charge in [-0.1, -0.05) is 6.07 Å². The van der Waals surface area contributed by atoms with Gasteiger partial charge in [-0.2, -0.15) is 0 Å². The van der Waals surface area contributed by atoms with Crippen molar-refractivity contribution in [1.82, 2.24) is 5.32 Å². The predicted molar refractivity (Wildman–Crippen MR) is 72.6 cm³/mol. The first kappa shape index (κ1) is 12.8. The molecule has 1 unspecified atom stereocenters. The molecule has 3 rings (SSSR count). The van der Waals surface area contributed by atoms with E-state index >= 15 is 0 Å². The molecule has 2 N–H and O–H groups in total. The maximum absolute atomic E-state index is 9.32. The van der Waals surface area contributed by atoms with E-state index in [1.165, 1.54) is 5.56 Å². The lowest BCUT2D eigenvalue weighted by Crippen LogP contribution is -2.29. The van der Waals surface area contributed by atoms with Gasteiger partial charge in [0.05, 0.1) is 0 Å². The van der Waals surface area contributed by atoms with E-state index < -0.39 is 0 Å². The molecule has 2 aliphatic rings. The van der Waals surface area contributed by atoms with Gasteiger partial charge in [0.15, 0.2) is 11.5 Å². The van der Waals surface area contributed by atoms with Crippen LogP contribution in [0.1, 0.15) is 31.4 Å². The Balaban J connectivity index is 1.64. The predicted octanol–water partition coefficient (Wildman–Crippen LogP) is 1.88. The number of hydrogen-bond donors (Lipinski definition) is 2. The maximum atomic E-state index is 9.32. The number of hydrogen-bond acceptors (Lipinski definition) is 4. The molecule has 19 heavy (non-hydrogen) atoms. The molecule has 1 saturated carbocycles. The van der Waals surface area contributed by atoms with Crippen molar-refractivity contribution in [2.24, 2.45) is 5.41 Å². The molecule has 0 bridgehead atoms. The number of aliphatic hydroxyl groups excluding tert-OH is 1. The summed E-state index contributed by atoms with van der Waals surface area (Å²) < 4.78 is 11.1. The number of fused-ring (bicyclic) bond motifs is 1. The molecule has 1 aliphatic heterocycles. The molecule has 0 saturated heterocycles. The van der Waals surface area contributed by atoms with Gasteiger partial charge in [-0.15, -0.1) is 0 Å². The molecule has 0 radical (unpaired) electrons. The summed E-state index contributed by atoms with van der Waals surface area (Å²) in [5, 5.41) is 12.8. The molecule has 1 aromatic carbocycles. The van der Waals surface area contributed by atoms with E-state index in [9.17, 15) is 5.11 Å². The van der Waals surface area contributed by atoms with Crippen molar-refractivity contribution in [3.63, 3.8) is 0 Å². The third kappa shape index (κ3) is 2.69. The third-order valence-corrected chi connectivity index (χ3v) is 4.14. The molecular weight excluding hydrogens is 242 g/mol. The summed E-state index contributed by atoms with van der Waals surface area (Å²) in [5.41, 5.74) is 1.33. The van der Waals surface area contributed by atoms with Crippen LogP contribution < -0.4 is 14.8 Å². The minimum atomic E-state index is 0.141. The molecule has 1 aromatic rings. The van der Waals surface area contributed by atoms with Crippen molar-refractivity contribution < 1.29 is 14.6 Å². The lowest BCUT2D eigenvalue weighted by Gasteiger charge is -2.22. The van der Waals surface area contributed by atoms with Crippen molar-refractivity contribution in [3.8, 4) is 11.5 Å². The number of nitrogens with one attached hydrogen (secondary N) is 1. The molecule has 0 amide bonds. The third-order valence-electron chi connectivity index (χ3n) is 4.14. The highest BCUT2D eigenvalue weighted by Crippen LogP contribution is 2.44. The van der Waals surface area contributed by atoms with Crippen LogP contribution in [0.3, 0.4) is 0 Å². The molecule has 104 valence electrons. The fourth-order valence-corrected chi connectivity index (χ4v) is 2.38. The number of ether oxygens (including phenoxy) is 2. The van der Waals surface area contributed by atoms with Crippen LogP contribution in [0.5, 0.6) is 11.5 Å². The first-order chi connectivity index (χ1) is 9.22. The summed E-state index contributed by atoms with van der Waals surface area (Å²) in [6, 6.07) is 6.34. The number of aliphatic hydroxyl groups is 1. The second-order valence-electron chi connectivity index (χ2n) is 5.66. The monoisotopic (exact) mass is 263 g/mol. The lowest BCUT2D eigenvalue weighted by molar-refractivity contribution is 0.171. The molecule has 1 atom stereocenters. The van der Waals surface area contributed by atoms with Gasteiger partial charge in [0, 0.05) is 24.6 Å². The van der Waals surface area contributed by atoms with Crippen LogP contribution in [-0.4, -0.2) is 31.5 Å². The van der Waals surface area contributed by atoms with Crippen LogP contribution in [0.25, 0.3) is 0 Å². The zero-order chi connectivity index (χ0) is 13.3. The Bertz CT molecular complexity index is 457. The summed E-state index contributed by atoms with van der Waals surface area (Å²) in [5.74, 6) is 1.66. The number of benzene rings is 1. The lowest BCUT2D eigenvalue weighted by atomic mass is 10.0. The van der Waals surface area contributed by atoms with Gasteiger partial charge in [0.25, 0.3) is 0 Å². The fourth-order valence-electron chi connectivity index (χ4n) is 2.38. The van der Waals surface area contributed by atoms with Gasteiger partial charge in [-0.05, 0) is 37.5 Å². The first-order valence-corrected chi connectivity index (χ1v) is 6.96. The van der Waals surface area contributed by atoms with E-state index in [4.69, 9.17) is 9.47 Å². The Kier molecular flexibility index (Phi) is 3.37. The van der Waals surface area contributed by atoms with Gasteiger partial charge in [0.2, 0.25) is 0 Å². The Morgan fingerprint density at radius 3 is 2.68 bits per heavy atom.